The summed E-state index contributed by atoms with van der Waals surface area (Å²) in [6, 6.07) is 16.7. The smallest absolute Gasteiger partial charge is 0.0521 e. The van der Waals surface area contributed by atoms with Crippen molar-refractivity contribution in [1.82, 2.24) is 10.4 Å². The number of rotatable bonds is 4. The van der Waals surface area contributed by atoms with E-state index in [-0.39, 0.29) is 6.04 Å². The van der Waals surface area contributed by atoms with Gasteiger partial charge in [-0.1, -0.05) is 46.3 Å². The van der Waals surface area contributed by atoms with Crippen molar-refractivity contribution in [3.05, 3.63) is 70.3 Å². The van der Waals surface area contributed by atoms with Crippen LogP contribution >= 0.6 is 15.9 Å². The van der Waals surface area contributed by atoms with Crippen LogP contribution in [0.1, 0.15) is 17.2 Å². The van der Waals surface area contributed by atoms with Gasteiger partial charge in [0.1, 0.15) is 0 Å². The summed E-state index contributed by atoms with van der Waals surface area (Å²) in [5.74, 6) is 5.76. The summed E-state index contributed by atoms with van der Waals surface area (Å²) in [6.07, 6.45) is 2.89. The number of fused-ring (bicyclic) bond motifs is 1. The fourth-order valence-corrected chi connectivity index (χ4v) is 2.76. The fraction of sp³-hybridized carbons (Fsp3) is 0.125. The zero-order chi connectivity index (χ0) is 13.9. The van der Waals surface area contributed by atoms with Gasteiger partial charge >= 0.3 is 0 Å². The lowest BCUT2D eigenvalue weighted by atomic mass is 9.99. The van der Waals surface area contributed by atoms with Gasteiger partial charge in [-0.05, 0) is 35.7 Å². The van der Waals surface area contributed by atoms with Gasteiger partial charge in [-0.15, -0.1) is 0 Å². The molecule has 2 aromatic carbocycles. The molecule has 0 aliphatic rings. The number of aromatic amines is 1. The lowest BCUT2D eigenvalue weighted by Gasteiger charge is -2.15. The molecule has 0 aliphatic carbocycles. The molecule has 0 saturated carbocycles. The average molecular weight is 330 g/mol. The molecule has 0 saturated heterocycles. The van der Waals surface area contributed by atoms with Crippen LogP contribution in [0.2, 0.25) is 0 Å². The molecule has 3 rings (SSSR count). The van der Waals surface area contributed by atoms with E-state index in [0.717, 1.165) is 16.4 Å². The first-order valence-electron chi connectivity index (χ1n) is 6.54. The Kier molecular flexibility index (Phi) is 3.87. The Morgan fingerprint density at radius 2 is 1.85 bits per heavy atom. The van der Waals surface area contributed by atoms with Crippen LogP contribution in [0.25, 0.3) is 10.9 Å². The molecule has 3 aromatic rings. The zero-order valence-electron chi connectivity index (χ0n) is 10.9. The third-order valence-electron chi connectivity index (χ3n) is 3.55. The van der Waals surface area contributed by atoms with Gasteiger partial charge in [0.15, 0.2) is 0 Å². The molecule has 4 heteroatoms. The minimum Gasteiger partial charge on any atom is -0.361 e. The van der Waals surface area contributed by atoms with Crippen molar-refractivity contribution in [2.45, 2.75) is 12.5 Å². The van der Waals surface area contributed by atoms with Gasteiger partial charge in [-0.3, -0.25) is 11.3 Å². The van der Waals surface area contributed by atoms with Gasteiger partial charge in [0.05, 0.1) is 6.04 Å². The highest BCUT2D eigenvalue weighted by atomic mass is 79.9. The van der Waals surface area contributed by atoms with Crippen molar-refractivity contribution in [3.63, 3.8) is 0 Å². The van der Waals surface area contributed by atoms with Crippen LogP contribution in [-0.4, -0.2) is 4.98 Å². The minimum absolute atomic E-state index is 0.0901. The highest BCUT2D eigenvalue weighted by molar-refractivity contribution is 9.10. The highest BCUT2D eigenvalue weighted by Crippen LogP contribution is 2.26. The number of halogens is 1. The molecular formula is C16H16BrN3. The number of H-pyrrole nitrogens is 1. The molecule has 0 fully saturated rings. The van der Waals surface area contributed by atoms with Gasteiger partial charge in [-0.25, -0.2) is 0 Å². The second-order valence-electron chi connectivity index (χ2n) is 4.84. The number of hydrogen-bond donors (Lipinski definition) is 3. The summed E-state index contributed by atoms with van der Waals surface area (Å²) < 4.78 is 1.09. The highest BCUT2D eigenvalue weighted by Gasteiger charge is 2.14. The van der Waals surface area contributed by atoms with Crippen LogP contribution in [0.5, 0.6) is 0 Å². The Labute approximate surface area is 126 Å². The summed E-state index contributed by atoms with van der Waals surface area (Å²) in [4.78, 5) is 3.29. The summed E-state index contributed by atoms with van der Waals surface area (Å²) in [7, 11) is 0. The van der Waals surface area contributed by atoms with E-state index in [4.69, 9.17) is 5.84 Å². The van der Waals surface area contributed by atoms with Crippen LogP contribution in [-0.2, 0) is 6.42 Å². The molecule has 102 valence electrons. The maximum atomic E-state index is 5.76. The van der Waals surface area contributed by atoms with E-state index in [1.807, 2.05) is 18.3 Å². The number of aromatic nitrogens is 1. The Hall–Kier alpha value is -1.62. The molecule has 0 aliphatic heterocycles. The van der Waals surface area contributed by atoms with Crippen molar-refractivity contribution in [3.8, 4) is 0 Å². The van der Waals surface area contributed by atoms with E-state index < -0.39 is 0 Å². The van der Waals surface area contributed by atoms with Gasteiger partial charge < -0.3 is 4.98 Å². The minimum atomic E-state index is 0.0901. The summed E-state index contributed by atoms with van der Waals surface area (Å²) >= 11 is 3.45. The van der Waals surface area contributed by atoms with E-state index in [2.05, 4.69) is 62.7 Å². The van der Waals surface area contributed by atoms with Crippen LogP contribution < -0.4 is 11.3 Å². The van der Waals surface area contributed by atoms with E-state index in [1.165, 1.54) is 16.5 Å². The molecule has 0 bridgehead atoms. The molecule has 1 atom stereocenters. The van der Waals surface area contributed by atoms with E-state index in [9.17, 15) is 0 Å². The SMILES string of the molecule is NNC(Cc1ccc(Br)cc1)c1c[nH]c2ccccc12. The Morgan fingerprint density at radius 3 is 2.60 bits per heavy atom. The third-order valence-corrected chi connectivity index (χ3v) is 4.08. The molecule has 1 aromatic heterocycles. The van der Waals surface area contributed by atoms with Gasteiger partial charge in [0, 0.05) is 21.6 Å². The molecule has 0 amide bonds. The summed E-state index contributed by atoms with van der Waals surface area (Å²) in [5, 5.41) is 1.22. The van der Waals surface area contributed by atoms with Crippen molar-refractivity contribution in [2.75, 3.05) is 0 Å². The van der Waals surface area contributed by atoms with Crippen LogP contribution in [0.3, 0.4) is 0 Å². The molecule has 1 heterocycles. The second-order valence-corrected chi connectivity index (χ2v) is 5.76. The van der Waals surface area contributed by atoms with E-state index in [1.54, 1.807) is 0 Å². The summed E-state index contributed by atoms with van der Waals surface area (Å²) in [5.41, 5.74) is 6.52. The Balaban J connectivity index is 1.91. The molecule has 4 N–H and O–H groups in total. The largest absolute Gasteiger partial charge is 0.361 e. The summed E-state index contributed by atoms with van der Waals surface area (Å²) in [6.45, 7) is 0. The Bertz CT molecular complexity index is 703. The predicted octanol–water partition coefficient (Wildman–Crippen LogP) is 3.68. The molecular weight excluding hydrogens is 314 g/mol. The number of benzene rings is 2. The first kappa shape index (κ1) is 13.4. The normalized spacial score (nSPS) is 12.7. The number of hydrogen-bond acceptors (Lipinski definition) is 2. The molecule has 1 unspecified atom stereocenters. The third kappa shape index (κ3) is 2.63. The van der Waals surface area contributed by atoms with Crippen LogP contribution in [0, 0.1) is 0 Å². The standard InChI is InChI=1S/C16H16BrN3/c17-12-7-5-11(6-8-12)9-16(20-18)14-10-19-15-4-2-1-3-13(14)15/h1-8,10,16,19-20H,9,18H2. The zero-order valence-corrected chi connectivity index (χ0v) is 12.5. The van der Waals surface area contributed by atoms with Crippen molar-refractivity contribution < 1.29 is 0 Å². The van der Waals surface area contributed by atoms with E-state index in [0.29, 0.717) is 0 Å². The quantitative estimate of drug-likeness (QED) is 0.505. The van der Waals surface area contributed by atoms with Crippen LogP contribution in [0.15, 0.2) is 59.2 Å². The van der Waals surface area contributed by atoms with Crippen LogP contribution in [0.4, 0.5) is 0 Å². The van der Waals surface area contributed by atoms with Crippen molar-refractivity contribution in [1.29, 1.82) is 0 Å². The van der Waals surface area contributed by atoms with Gasteiger partial charge in [0.25, 0.3) is 0 Å². The van der Waals surface area contributed by atoms with Gasteiger partial charge in [-0.2, -0.15) is 0 Å². The van der Waals surface area contributed by atoms with Crippen molar-refractivity contribution in [2.24, 2.45) is 5.84 Å². The number of nitrogens with one attached hydrogen (secondary N) is 2. The lowest BCUT2D eigenvalue weighted by molar-refractivity contribution is 0.555. The Morgan fingerprint density at radius 1 is 1.10 bits per heavy atom. The van der Waals surface area contributed by atoms with Gasteiger partial charge in [0.2, 0.25) is 0 Å². The lowest BCUT2D eigenvalue weighted by Crippen LogP contribution is -2.29. The monoisotopic (exact) mass is 329 g/mol. The number of hydrazine groups is 1. The second kappa shape index (κ2) is 5.79. The maximum Gasteiger partial charge on any atom is 0.0521 e. The molecule has 0 spiro atoms. The molecule has 3 nitrogen and oxygen atoms in total. The molecule has 0 radical (unpaired) electrons. The number of nitrogens with two attached hydrogens (primary N) is 1. The number of para-hydroxylation sites is 1. The maximum absolute atomic E-state index is 5.76. The van der Waals surface area contributed by atoms with E-state index >= 15 is 0 Å². The fourth-order valence-electron chi connectivity index (χ4n) is 2.50. The van der Waals surface area contributed by atoms with Crippen molar-refractivity contribution >= 4 is 26.8 Å². The topological polar surface area (TPSA) is 53.8 Å². The first-order chi connectivity index (χ1) is 9.78. The predicted molar refractivity (Wildman–Crippen MR) is 86.2 cm³/mol. The first-order valence-corrected chi connectivity index (χ1v) is 7.34. The molecule has 20 heavy (non-hydrogen) atoms. The average Bonchev–Trinajstić information content (AvgIpc) is 2.91.